The number of carbonyl (C=O) groups is 1. The lowest BCUT2D eigenvalue weighted by atomic mass is 10.0. The third kappa shape index (κ3) is 6.57. The van der Waals surface area contributed by atoms with E-state index >= 15 is 0 Å². The molecule has 3 rings (SSSR count). The van der Waals surface area contributed by atoms with E-state index in [1.165, 1.54) is 24.3 Å². The summed E-state index contributed by atoms with van der Waals surface area (Å²) in [5, 5.41) is 3.16. The molecule has 0 bridgehead atoms. The molecule has 12 heteroatoms. The number of hydrogen-bond acceptors (Lipinski definition) is 5. The molecule has 1 aliphatic rings. The zero-order valence-electron chi connectivity index (χ0n) is 16.9. The summed E-state index contributed by atoms with van der Waals surface area (Å²) in [6.07, 6.45) is -2.44. The van der Waals surface area contributed by atoms with Gasteiger partial charge in [-0.2, -0.15) is 13.2 Å². The highest BCUT2D eigenvalue weighted by atomic mass is 35.5. The van der Waals surface area contributed by atoms with Crippen LogP contribution >= 0.6 is 11.6 Å². The van der Waals surface area contributed by atoms with Gasteiger partial charge in [-0.3, -0.25) is 4.79 Å². The summed E-state index contributed by atoms with van der Waals surface area (Å²) in [6, 6.07) is 8.06. The van der Waals surface area contributed by atoms with Gasteiger partial charge in [0, 0.05) is 43.3 Å². The smallest absolute Gasteiger partial charge is 0.356 e. The van der Waals surface area contributed by atoms with E-state index in [-0.39, 0.29) is 29.8 Å². The van der Waals surface area contributed by atoms with Crippen molar-refractivity contribution in [2.75, 3.05) is 24.5 Å². The Morgan fingerprint density at radius 1 is 1.19 bits per heavy atom. The number of rotatable bonds is 7. The molecule has 2 heterocycles. The van der Waals surface area contributed by atoms with Crippen molar-refractivity contribution in [3.05, 3.63) is 53.2 Å². The molecule has 0 saturated carbocycles. The molecule has 0 aliphatic carbocycles. The second-order valence-electron chi connectivity index (χ2n) is 7.34. The SMILES string of the molecule is O=C(CCNS(=O)(=O)c1cccc(Cl)c1)NC1CCN(c2ccc(C(F)(F)F)cn2)CC1. The molecule has 2 N–H and O–H groups in total. The third-order valence-electron chi connectivity index (χ3n) is 5.01. The number of alkyl halides is 3. The number of nitrogens with zero attached hydrogens (tertiary/aromatic N) is 2. The lowest BCUT2D eigenvalue weighted by Gasteiger charge is -2.33. The number of sulfonamides is 1. The normalized spacial score (nSPS) is 15.6. The van der Waals surface area contributed by atoms with Gasteiger partial charge in [-0.05, 0) is 43.2 Å². The molecular weight excluding hydrogens is 469 g/mol. The van der Waals surface area contributed by atoms with E-state index in [4.69, 9.17) is 11.6 Å². The fraction of sp³-hybridized carbons (Fsp3) is 0.400. The van der Waals surface area contributed by atoms with Crippen LogP contribution in [0.4, 0.5) is 19.0 Å². The van der Waals surface area contributed by atoms with Crippen LogP contribution in [0.15, 0.2) is 47.5 Å². The van der Waals surface area contributed by atoms with Crippen LogP contribution in [0.5, 0.6) is 0 Å². The fourth-order valence-electron chi connectivity index (χ4n) is 3.31. The summed E-state index contributed by atoms with van der Waals surface area (Å²) >= 11 is 5.81. The standard InChI is InChI=1S/C20H22ClF3N4O3S/c21-15-2-1-3-17(12-15)32(30,31)26-9-6-19(29)27-16-7-10-28(11-8-16)18-5-4-14(13-25-18)20(22,23)24/h1-5,12-13,16,26H,6-11H2,(H,27,29). The van der Waals surface area contributed by atoms with Crippen molar-refractivity contribution in [2.24, 2.45) is 0 Å². The van der Waals surface area contributed by atoms with Crippen molar-refractivity contribution in [1.29, 1.82) is 0 Å². The van der Waals surface area contributed by atoms with E-state index < -0.39 is 21.8 Å². The maximum atomic E-state index is 12.7. The largest absolute Gasteiger partial charge is 0.417 e. The highest BCUT2D eigenvalue weighted by Crippen LogP contribution is 2.29. The first-order valence-electron chi connectivity index (χ1n) is 9.87. The van der Waals surface area contributed by atoms with Gasteiger partial charge in [-0.1, -0.05) is 17.7 Å². The van der Waals surface area contributed by atoms with Crippen molar-refractivity contribution in [3.63, 3.8) is 0 Å². The number of pyridine rings is 1. The van der Waals surface area contributed by atoms with Gasteiger partial charge in [-0.15, -0.1) is 0 Å². The first-order chi connectivity index (χ1) is 15.0. The van der Waals surface area contributed by atoms with Crippen LogP contribution in [0.2, 0.25) is 5.02 Å². The highest BCUT2D eigenvalue weighted by molar-refractivity contribution is 7.89. The van der Waals surface area contributed by atoms with Crippen molar-refractivity contribution >= 4 is 33.3 Å². The van der Waals surface area contributed by atoms with Gasteiger partial charge < -0.3 is 10.2 Å². The first kappa shape index (κ1) is 24.3. The Kier molecular flexibility index (Phi) is 7.63. The average molecular weight is 491 g/mol. The molecule has 0 radical (unpaired) electrons. The molecule has 32 heavy (non-hydrogen) atoms. The van der Waals surface area contributed by atoms with Crippen LogP contribution in [0.25, 0.3) is 0 Å². The molecule has 1 aliphatic heterocycles. The minimum absolute atomic E-state index is 0.0228. The molecule has 0 spiro atoms. The van der Waals surface area contributed by atoms with Gasteiger partial charge in [0.05, 0.1) is 10.5 Å². The van der Waals surface area contributed by atoms with Crippen LogP contribution in [-0.4, -0.2) is 45.0 Å². The van der Waals surface area contributed by atoms with E-state index in [0.717, 1.165) is 12.3 Å². The summed E-state index contributed by atoms with van der Waals surface area (Å²) in [5.41, 5.74) is -0.797. The highest BCUT2D eigenvalue weighted by Gasteiger charge is 2.31. The molecule has 1 saturated heterocycles. The molecule has 2 aromatic rings. The van der Waals surface area contributed by atoms with Gasteiger partial charge in [-0.25, -0.2) is 18.1 Å². The Bertz CT molecular complexity index is 1040. The zero-order chi connectivity index (χ0) is 23.4. The number of anilines is 1. The number of carbonyl (C=O) groups excluding carboxylic acids is 1. The Morgan fingerprint density at radius 2 is 1.91 bits per heavy atom. The molecule has 1 aromatic heterocycles. The number of aromatic nitrogens is 1. The van der Waals surface area contributed by atoms with Crippen molar-refractivity contribution in [1.82, 2.24) is 15.0 Å². The quantitative estimate of drug-likeness (QED) is 0.622. The Hall–Kier alpha value is -2.37. The summed E-state index contributed by atoms with van der Waals surface area (Å²) in [4.78, 5) is 18.0. The second-order valence-corrected chi connectivity index (χ2v) is 9.54. The molecule has 1 amide bonds. The van der Waals surface area contributed by atoms with Crippen LogP contribution in [-0.2, 0) is 21.0 Å². The van der Waals surface area contributed by atoms with E-state index in [1.807, 2.05) is 4.90 Å². The fourth-order valence-corrected chi connectivity index (χ4v) is 4.64. The van der Waals surface area contributed by atoms with Gasteiger partial charge in [0.1, 0.15) is 5.82 Å². The lowest BCUT2D eigenvalue weighted by molar-refractivity contribution is -0.137. The summed E-state index contributed by atoms with van der Waals surface area (Å²) in [5.74, 6) is 0.170. The van der Waals surface area contributed by atoms with Gasteiger partial charge in [0.25, 0.3) is 0 Å². The molecular formula is C20H22ClF3N4O3S. The average Bonchev–Trinajstić information content (AvgIpc) is 2.74. The van der Waals surface area contributed by atoms with E-state index in [1.54, 1.807) is 6.07 Å². The summed E-state index contributed by atoms with van der Waals surface area (Å²) < 4.78 is 64.8. The maximum Gasteiger partial charge on any atom is 0.417 e. The van der Waals surface area contributed by atoms with Crippen LogP contribution < -0.4 is 14.9 Å². The predicted molar refractivity (Wildman–Crippen MR) is 114 cm³/mol. The summed E-state index contributed by atoms with van der Waals surface area (Å²) in [7, 11) is -3.76. The van der Waals surface area contributed by atoms with Gasteiger partial charge in [0.15, 0.2) is 0 Å². The van der Waals surface area contributed by atoms with Crippen LogP contribution in [0.1, 0.15) is 24.8 Å². The number of nitrogens with one attached hydrogen (secondary N) is 2. The molecule has 0 unspecified atom stereocenters. The number of benzene rings is 1. The van der Waals surface area contributed by atoms with E-state index in [9.17, 15) is 26.4 Å². The number of hydrogen-bond donors (Lipinski definition) is 2. The lowest BCUT2D eigenvalue weighted by Crippen LogP contribution is -2.45. The maximum absolute atomic E-state index is 12.7. The zero-order valence-corrected chi connectivity index (χ0v) is 18.5. The van der Waals surface area contributed by atoms with Crippen LogP contribution in [0.3, 0.4) is 0 Å². The Labute approximate surface area is 189 Å². The first-order valence-corrected chi connectivity index (χ1v) is 11.7. The van der Waals surface area contributed by atoms with Gasteiger partial charge in [0.2, 0.25) is 15.9 Å². The van der Waals surface area contributed by atoms with E-state index in [2.05, 4.69) is 15.0 Å². The number of halogens is 4. The summed E-state index contributed by atoms with van der Waals surface area (Å²) in [6.45, 7) is 1.00. The van der Waals surface area contributed by atoms with Crippen molar-refractivity contribution in [2.45, 2.75) is 36.4 Å². The molecule has 0 atom stereocenters. The van der Waals surface area contributed by atoms with Crippen molar-refractivity contribution in [3.8, 4) is 0 Å². The van der Waals surface area contributed by atoms with Crippen molar-refractivity contribution < 1.29 is 26.4 Å². The molecule has 174 valence electrons. The second kappa shape index (κ2) is 10.1. The minimum atomic E-state index is -4.43. The Balaban J connectivity index is 1.42. The number of amides is 1. The van der Waals surface area contributed by atoms with Gasteiger partial charge >= 0.3 is 6.18 Å². The van der Waals surface area contributed by atoms with E-state index in [0.29, 0.717) is 36.8 Å². The number of piperidine rings is 1. The molecule has 1 aromatic carbocycles. The van der Waals surface area contributed by atoms with Crippen LogP contribution in [0, 0.1) is 0 Å². The third-order valence-corrected chi connectivity index (χ3v) is 6.70. The minimum Gasteiger partial charge on any atom is -0.356 e. The Morgan fingerprint density at radius 3 is 2.50 bits per heavy atom. The predicted octanol–water partition coefficient (Wildman–Crippen LogP) is 3.21. The monoisotopic (exact) mass is 490 g/mol. The molecule has 1 fully saturated rings. The molecule has 7 nitrogen and oxygen atoms in total. The topological polar surface area (TPSA) is 91.4 Å².